The van der Waals surface area contributed by atoms with E-state index in [-0.39, 0.29) is 35.8 Å². The fraction of sp³-hybridized carbons (Fsp3) is 0.333. The molecule has 0 saturated heterocycles. The molecule has 170 valence electrons. The van der Waals surface area contributed by atoms with Crippen LogP contribution in [0.4, 0.5) is 0 Å². The summed E-state index contributed by atoms with van der Waals surface area (Å²) in [6, 6.07) is 8.28. The third-order valence-corrected chi connectivity index (χ3v) is 5.29. The topological polar surface area (TPSA) is 130 Å². The molecule has 0 aliphatic rings. The van der Waals surface area contributed by atoms with Crippen molar-refractivity contribution < 1.29 is 23.8 Å². The first-order valence-electron chi connectivity index (χ1n) is 9.75. The number of carbonyl (C=O) groups excluding carboxylic acids is 2. The largest absolute Gasteiger partial charge is 0.493 e. The number of benzene rings is 1. The fourth-order valence-corrected chi connectivity index (χ4v) is 3.61. The Labute approximate surface area is 189 Å². The van der Waals surface area contributed by atoms with Gasteiger partial charge in [-0.3, -0.25) is 14.0 Å². The highest BCUT2D eigenvalue weighted by molar-refractivity contribution is 7.98. The lowest BCUT2D eigenvalue weighted by Gasteiger charge is -2.19. The third-order valence-electron chi connectivity index (χ3n) is 4.65. The number of methoxy groups -OCH3 is 2. The van der Waals surface area contributed by atoms with Crippen molar-refractivity contribution in [1.82, 2.24) is 19.9 Å². The average molecular weight is 460 g/mol. The molecule has 0 aliphatic heterocycles. The van der Waals surface area contributed by atoms with Gasteiger partial charge in [-0.05, 0) is 42.7 Å². The third kappa shape index (κ3) is 5.22. The maximum absolute atomic E-state index is 13.2. The summed E-state index contributed by atoms with van der Waals surface area (Å²) in [6.45, 7) is -0.352. The second-order valence-electron chi connectivity index (χ2n) is 6.76. The molecule has 0 spiro atoms. The van der Waals surface area contributed by atoms with E-state index < -0.39 is 5.91 Å². The number of amides is 2. The van der Waals surface area contributed by atoms with Crippen LogP contribution in [0.1, 0.15) is 28.6 Å². The minimum Gasteiger partial charge on any atom is -0.493 e. The molecule has 2 aromatic heterocycles. The van der Waals surface area contributed by atoms with E-state index in [0.29, 0.717) is 23.5 Å². The molecule has 1 unspecified atom stereocenters. The molecule has 1 aromatic carbocycles. The number of nitrogens with zero attached hydrogens (tertiary/aromatic N) is 3. The van der Waals surface area contributed by atoms with Crippen LogP contribution in [0.15, 0.2) is 36.5 Å². The minimum atomic E-state index is -0.645. The number of nitrogens with two attached hydrogens (primary N) is 1. The van der Waals surface area contributed by atoms with Crippen LogP contribution in [0.2, 0.25) is 0 Å². The first-order chi connectivity index (χ1) is 15.5. The van der Waals surface area contributed by atoms with Crippen molar-refractivity contribution in [3.63, 3.8) is 0 Å². The summed E-state index contributed by atoms with van der Waals surface area (Å²) in [5.74, 6) is 1.14. The predicted molar refractivity (Wildman–Crippen MR) is 120 cm³/mol. The highest BCUT2D eigenvalue weighted by Gasteiger charge is 2.23. The number of pyridine rings is 1. The number of primary amides is 1. The van der Waals surface area contributed by atoms with E-state index in [2.05, 4.69) is 15.5 Å². The lowest BCUT2D eigenvalue weighted by molar-refractivity contribution is -0.120. The summed E-state index contributed by atoms with van der Waals surface area (Å²) in [4.78, 5) is 24.3. The van der Waals surface area contributed by atoms with Crippen molar-refractivity contribution in [3.05, 3.63) is 47.9 Å². The SMILES string of the molecule is COc1cc(C(=O)NC(CCSC)c2nnc3ccccn23)cc(OC)c1OCC(N)=O. The maximum atomic E-state index is 13.2. The van der Waals surface area contributed by atoms with Crippen LogP contribution in [0, 0.1) is 0 Å². The number of hydrogen-bond donors (Lipinski definition) is 2. The molecule has 2 amide bonds. The number of hydrogen-bond acceptors (Lipinski definition) is 8. The van der Waals surface area contributed by atoms with Crippen LogP contribution < -0.4 is 25.3 Å². The highest BCUT2D eigenvalue weighted by Crippen LogP contribution is 2.38. The monoisotopic (exact) mass is 459 g/mol. The summed E-state index contributed by atoms with van der Waals surface area (Å²) < 4.78 is 17.9. The lowest BCUT2D eigenvalue weighted by Crippen LogP contribution is -2.30. The molecular weight excluding hydrogens is 434 g/mol. The van der Waals surface area contributed by atoms with Crippen molar-refractivity contribution in [2.45, 2.75) is 12.5 Å². The van der Waals surface area contributed by atoms with Gasteiger partial charge in [0.1, 0.15) is 0 Å². The van der Waals surface area contributed by atoms with Gasteiger partial charge in [-0.1, -0.05) is 6.07 Å². The van der Waals surface area contributed by atoms with Gasteiger partial charge in [0.2, 0.25) is 5.75 Å². The van der Waals surface area contributed by atoms with Gasteiger partial charge < -0.3 is 25.3 Å². The molecule has 0 radical (unpaired) electrons. The quantitative estimate of drug-likeness (QED) is 0.444. The fourth-order valence-electron chi connectivity index (χ4n) is 3.14. The van der Waals surface area contributed by atoms with E-state index in [4.69, 9.17) is 19.9 Å². The molecule has 3 N–H and O–H groups in total. The van der Waals surface area contributed by atoms with E-state index in [1.807, 2.05) is 35.1 Å². The summed E-state index contributed by atoms with van der Waals surface area (Å²) in [7, 11) is 2.86. The molecule has 3 aromatic rings. The van der Waals surface area contributed by atoms with E-state index >= 15 is 0 Å². The zero-order chi connectivity index (χ0) is 23.1. The Morgan fingerprint density at radius 2 is 1.91 bits per heavy atom. The van der Waals surface area contributed by atoms with Gasteiger partial charge >= 0.3 is 0 Å². The first-order valence-corrected chi connectivity index (χ1v) is 11.1. The van der Waals surface area contributed by atoms with E-state index in [0.717, 1.165) is 5.75 Å². The van der Waals surface area contributed by atoms with Crippen LogP contribution in [-0.2, 0) is 4.79 Å². The van der Waals surface area contributed by atoms with Gasteiger partial charge in [-0.25, -0.2) is 0 Å². The van der Waals surface area contributed by atoms with Crippen LogP contribution in [0.5, 0.6) is 17.2 Å². The van der Waals surface area contributed by atoms with E-state index in [1.165, 1.54) is 26.4 Å². The molecule has 0 fully saturated rings. The Kier molecular flexibility index (Phi) is 7.77. The minimum absolute atomic E-state index is 0.188. The number of aromatic nitrogens is 3. The van der Waals surface area contributed by atoms with Crippen molar-refractivity contribution >= 4 is 29.2 Å². The predicted octanol–water partition coefficient (Wildman–Crippen LogP) is 1.83. The molecule has 11 heteroatoms. The van der Waals surface area contributed by atoms with Crippen molar-refractivity contribution in [2.75, 3.05) is 32.8 Å². The Morgan fingerprint density at radius 3 is 2.53 bits per heavy atom. The Morgan fingerprint density at radius 1 is 1.19 bits per heavy atom. The molecule has 2 heterocycles. The Bertz CT molecular complexity index is 1080. The smallest absolute Gasteiger partial charge is 0.255 e. The molecule has 0 bridgehead atoms. The van der Waals surface area contributed by atoms with Gasteiger partial charge in [0.05, 0.1) is 20.3 Å². The van der Waals surface area contributed by atoms with Crippen molar-refractivity contribution in [3.8, 4) is 17.2 Å². The number of rotatable bonds is 11. The van der Waals surface area contributed by atoms with Crippen LogP contribution in [-0.4, -0.2) is 59.2 Å². The van der Waals surface area contributed by atoms with E-state index in [1.54, 1.807) is 11.8 Å². The van der Waals surface area contributed by atoms with Crippen LogP contribution in [0.3, 0.4) is 0 Å². The lowest BCUT2D eigenvalue weighted by atomic mass is 10.1. The maximum Gasteiger partial charge on any atom is 0.255 e. The molecule has 0 aliphatic carbocycles. The van der Waals surface area contributed by atoms with E-state index in [9.17, 15) is 9.59 Å². The number of thioether (sulfide) groups is 1. The number of nitrogens with one attached hydrogen (secondary N) is 1. The van der Waals surface area contributed by atoms with Crippen molar-refractivity contribution in [2.24, 2.45) is 5.73 Å². The first kappa shape index (κ1) is 23.2. The second kappa shape index (κ2) is 10.7. The van der Waals surface area contributed by atoms with Gasteiger partial charge in [-0.15, -0.1) is 10.2 Å². The Hall–Kier alpha value is -3.47. The molecule has 1 atom stereocenters. The highest BCUT2D eigenvalue weighted by atomic mass is 32.2. The van der Waals surface area contributed by atoms with Gasteiger partial charge in [0, 0.05) is 11.8 Å². The molecule has 32 heavy (non-hydrogen) atoms. The summed E-state index contributed by atoms with van der Waals surface area (Å²) >= 11 is 1.67. The number of carbonyl (C=O) groups is 2. The average Bonchev–Trinajstić information content (AvgIpc) is 3.23. The van der Waals surface area contributed by atoms with Gasteiger partial charge in [-0.2, -0.15) is 11.8 Å². The molecule has 10 nitrogen and oxygen atoms in total. The van der Waals surface area contributed by atoms with Crippen LogP contribution in [0.25, 0.3) is 5.65 Å². The van der Waals surface area contributed by atoms with Gasteiger partial charge in [0.15, 0.2) is 29.6 Å². The summed E-state index contributed by atoms with van der Waals surface area (Å²) in [6.07, 6.45) is 4.53. The molecule has 3 rings (SSSR count). The van der Waals surface area contributed by atoms with Crippen LogP contribution >= 0.6 is 11.8 Å². The summed E-state index contributed by atoms with van der Waals surface area (Å²) in [5, 5.41) is 11.5. The summed E-state index contributed by atoms with van der Waals surface area (Å²) in [5.41, 5.74) is 6.16. The number of ether oxygens (including phenoxy) is 3. The zero-order valence-corrected chi connectivity index (χ0v) is 18.8. The normalized spacial score (nSPS) is 11.7. The number of fused-ring (bicyclic) bond motifs is 1. The molecule has 0 saturated carbocycles. The standard InChI is InChI=1S/C21H25N5O5S/c1-29-15-10-13(11-16(30-2)19(15)31-12-17(22)27)21(28)23-14(7-9-32-3)20-25-24-18-6-4-5-8-26(18)20/h4-6,8,10-11,14H,7,9,12H2,1-3H3,(H2,22,27)(H,23,28). The molecular formula is C21H25N5O5S. The van der Waals surface area contributed by atoms with Crippen molar-refractivity contribution in [1.29, 1.82) is 0 Å². The Balaban J connectivity index is 1.91. The zero-order valence-electron chi connectivity index (χ0n) is 18.0. The van der Waals surface area contributed by atoms with Gasteiger partial charge in [0.25, 0.3) is 11.8 Å². The second-order valence-corrected chi connectivity index (χ2v) is 7.75.